The Morgan fingerprint density at radius 1 is 1.15 bits per heavy atom. The number of aromatic hydroxyl groups is 2. The van der Waals surface area contributed by atoms with Gasteiger partial charge in [-0.3, -0.25) is 4.79 Å². The number of carbonyl (C=O) groups is 1. The lowest BCUT2D eigenvalue weighted by atomic mass is 10.1. The van der Waals surface area contributed by atoms with E-state index in [1.807, 2.05) is 30.3 Å². The number of carbonyl (C=O) groups excluding carboxylic acids is 1. The first-order chi connectivity index (χ1) is 9.61. The third-order valence-corrected chi connectivity index (χ3v) is 3.53. The molecule has 0 heterocycles. The maximum absolute atomic E-state index is 12.2. The van der Waals surface area contributed by atoms with Gasteiger partial charge in [0.05, 0.1) is 11.6 Å². The Hall–Kier alpha value is -2.01. The first-order valence-corrected chi connectivity index (χ1v) is 7.17. The average Bonchev–Trinajstić information content (AvgIpc) is 2.48. The summed E-state index contributed by atoms with van der Waals surface area (Å²) in [7, 11) is 0. The number of phenolic OH excluding ortho intramolecular Hbond substituents is 2. The number of alkyl halides is 1. The molecule has 0 aromatic heterocycles. The topological polar surface area (TPSA) is 69.6 Å². The highest BCUT2D eigenvalue weighted by atomic mass is 79.9. The maximum Gasteiger partial charge on any atom is 0.255 e. The van der Waals surface area contributed by atoms with Gasteiger partial charge in [0.25, 0.3) is 5.91 Å². The lowest BCUT2D eigenvalue weighted by Crippen LogP contribution is -2.29. The second kappa shape index (κ2) is 6.43. The summed E-state index contributed by atoms with van der Waals surface area (Å²) in [5.74, 6) is -0.670. The van der Waals surface area contributed by atoms with Gasteiger partial charge in [0.15, 0.2) is 0 Å². The van der Waals surface area contributed by atoms with Gasteiger partial charge in [-0.25, -0.2) is 0 Å². The van der Waals surface area contributed by atoms with E-state index in [0.29, 0.717) is 5.33 Å². The van der Waals surface area contributed by atoms with Gasteiger partial charge in [0, 0.05) is 5.33 Å². The van der Waals surface area contributed by atoms with Crippen LogP contribution in [-0.2, 0) is 0 Å². The molecule has 4 nitrogen and oxygen atoms in total. The Morgan fingerprint density at radius 3 is 2.50 bits per heavy atom. The summed E-state index contributed by atoms with van der Waals surface area (Å²) < 4.78 is 0. The Labute approximate surface area is 125 Å². The van der Waals surface area contributed by atoms with Crippen molar-refractivity contribution in [3.8, 4) is 11.5 Å². The summed E-state index contributed by atoms with van der Waals surface area (Å²) in [5, 5.41) is 22.4. The molecule has 1 atom stereocenters. The molecule has 0 aliphatic rings. The molecule has 0 saturated heterocycles. The number of rotatable bonds is 4. The molecule has 5 heteroatoms. The van der Waals surface area contributed by atoms with Crippen molar-refractivity contribution in [1.29, 1.82) is 0 Å². The van der Waals surface area contributed by atoms with Gasteiger partial charge in [0.2, 0.25) is 0 Å². The van der Waals surface area contributed by atoms with E-state index in [4.69, 9.17) is 0 Å². The summed E-state index contributed by atoms with van der Waals surface area (Å²) >= 11 is 3.36. The molecule has 0 bridgehead atoms. The molecule has 0 spiro atoms. The van der Waals surface area contributed by atoms with E-state index in [2.05, 4.69) is 21.2 Å². The van der Waals surface area contributed by atoms with Gasteiger partial charge in [-0.05, 0) is 23.8 Å². The molecule has 104 valence electrons. The van der Waals surface area contributed by atoms with Gasteiger partial charge < -0.3 is 15.5 Å². The molecule has 0 aliphatic heterocycles. The molecular weight excluding hydrogens is 322 g/mol. The quantitative estimate of drug-likeness (QED) is 0.594. The van der Waals surface area contributed by atoms with Crippen LogP contribution in [0.1, 0.15) is 22.0 Å². The molecule has 2 rings (SSSR count). The number of benzene rings is 2. The van der Waals surface area contributed by atoms with E-state index in [1.54, 1.807) is 0 Å². The van der Waals surface area contributed by atoms with Gasteiger partial charge in [-0.1, -0.05) is 46.3 Å². The highest BCUT2D eigenvalue weighted by molar-refractivity contribution is 9.09. The fourth-order valence-corrected chi connectivity index (χ4v) is 2.37. The van der Waals surface area contributed by atoms with Crippen molar-refractivity contribution in [2.75, 3.05) is 5.33 Å². The van der Waals surface area contributed by atoms with Gasteiger partial charge in [-0.2, -0.15) is 0 Å². The molecule has 3 N–H and O–H groups in total. The minimum Gasteiger partial charge on any atom is -0.508 e. The normalized spacial score (nSPS) is 11.8. The Kier molecular flexibility index (Phi) is 4.63. The van der Waals surface area contributed by atoms with Crippen LogP contribution in [0.25, 0.3) is 0 Å². The van der Waals surface area contributed by atoms with Gasteiger partial charge >= 0.3 is 0 Å². The van der Waals surface area contributed by atoms with E-state index in [9.17, 15) is 15.0 Å². The number of phenols is 2. The number of amides is 1. The van der Waals surface area contributed by atoms with Crippen LogP contribution in [0.5, 0.6) is 11.5 Å². The number of nitrogens with one attached hydrogen (secondary N) is 1. The number of halogens is 1. The van der Waals surface area contributed by atoms with Crippen LogP contribution >= 0.6 is 15.9 Å². The second-order valence-corrected chi connectivity index (χ2v) is 4.94. The minimum atomic E-state index is -0.438. The summed E-state index contributed by atoms with van der Waals surface area (Å²) in [6.07, 6.45) is 0. The summed E-state index contributed by atoms with van der Waals surface area (Å²) in [4.78, 5) is 12.2. The Morgan fingerprint density at radius 2 is 1.85 bits per heavy atom. The summed E-state index contributed by atoms with van der Waals surface area (Å²) in [5.41, 5.74) is 1.00. The standard InChI is InChI=1S/C15H14BrNO3/c16-9-13(10-4-2-1-3-5-10)17-15(20)12-8-11(18)6-7-14(12)19/h1-8,13,18-19H,9H2,(H,17,20). The zero-order chi connectivity index (χ0) is 14.5. The largest absolute Gasteiger partial charge is 0.508 e. The fraction of sp³-hybridized carbons (Fsp3) is 0.133. The third kappa shape index (κ3) is 3.30. The molecule has 0 aliphatic carbocycles. The minimum absolute atomic E-state index is 0.0480. The van der Waals surface area contributed by atoms with Crippen molar-refractivity contribution in [3.63, 3.8) is 0 Å². The Balaban J connectivity index is 2.20. The van der Waals surface area contributed by atoms with E-state index in [1.165, 1.54) is 18.2 Å². The first kappa shape index (κ1) is 14.4. The van der Waals surface area contributed by atoms with E-state index >= 15 is 0 Å². The zero-order valence-corrected chi connectivity index (χ0v) is 12.2. The number of hydrogen-bond acceptors (Lipinski definition) is 3. The van der Waals surface area contributed by atoms with Crippen molar-refractivity contribution in [1.82, 2.24) is 5.32 Å². The Bertz CT molecular complexity index is 601. The molecule has 1 amide bonds. The fourth-order valence-electron chi connectivity index (χ4n) is 1.84. The third-order valence-electron chi connectivity index (χ3n) is 2.89. The lowest BCUT2D eigenvalue weighted by molar-refractivity contribution is 0.0937. The van der Waals surface area contributed by atoms with Crippen LogP contribution in [-0.4, -0.2) is 21.5 Å². The van der Waals surface area contributed by atoms with Gasteiger partial charge in [-0.15, -0.1) is 0 Å². The van der Waals surface area contributed by atoms with Crippen LogP contribution in [0.15, 0.2) is 48.5 Å². The SMILES string of the molecule is O=C(NC(CBr)c1ccccc1)c1cc(O)ccc1O. The molecule has 0 radical (unpaired) electrons. The summed E-state index contributed by atoms with van der Waals surface area (Å²) in [6.45, 7) is 0. The molecule has 0 saturated carbocycles. The summed E-state index contributed by atoms with van der Waals surface area (Å²) in [6, 6.07) is 13.1. The average molecular weight is 336 g/mol. The maximum atomic E-state index is 12.2. The molecule has 2 aromatic carbocycles. The van der Waals surface area contributed by atoms with Crippen molar-refractivity contribution >= 4 is 21.8 Å². The first-order valence-electron chi connectivity index (χ1n) is 6.05. The van der Waals surface area contributed by atoms with Crippen molar-refractivity contribution in [2.45, 2.75) is 6.04 Å². The number of hydrogen-bond donors (Lipinski definition) is 3. The second-order valence-electron chi connectivity index (χ2n) is 4.29. The molecule has 1 unspecified atom stereocenters. The predicted octanol–water partition coefficient (Wildman–Crippen LogP) is 2.96. The molecular formula is C15H14BrNO3. The molecule has 0 fully saturated rings. The smallest absolute Gasteiger partial charge is 0.255 e. The predicted molar refractivity (Wildman–Crippen MR) is 80.2 cm³/mol. The molecule has 2 aromatic rings. The van der Waals surface area contributed by atoms with Crippen LogP contribution in [0.2, 0.25) is 0 Å². The van der Waals surface area contributed by atoms with Crippen LogP contribution in [0.3, 0.4) is 0 Å². The monoisotopic (exact) mass is 335 g/mol. The molecule has 20 heavy (non-hydrogen) atoms. The van der Waals surface area contributed by atoms with Crippen LogP contribution in [0, 0.1) is 0 Å². The lowest BCUT2D eigenvalue weighted by Gasteiger charge is -2.17. The van der Waals surface area contributed by atoms with E-state index < -0.39 is 5.91 Å². The van der Waals surface area contributed by atoms with Crippen LogP contribution < -0.4 is 5.32 Å². The van der Waals surface area contributed by atoms with Crippen molar-refractivity contribution < 1.29 is 15.0 Å². The van der Waals surface area contributed by atoms with Crippen LogP contribution in [0.4, 0.5) is 0 Å². The van der Waals surface area contributed by atoms with E-state index in [-0.39, 0.29) is 23.1 Å². The van der Waals surface area contributed by atoms with Crippen molar-refractivity contribution in [2.24, 2.45) is 0 Å². The van der Waals surface area contributed by atoms with Gasteiger partial charge in [0.1, 0.15) is 11.5 Å². The zero-order valence-electron chi connectivity index (χ0n) is 10.6. The van der Waals surface area contributed by atoms with Crippen molar-refractivity contribution in [3.05, 3.63) is 59.7 Å². The van der Waals surface area contributed by atoms with E-state index in [0.717, 1.165) is 5.56 Å². The highest BCUT2D eigenvalue weighted by Crippen LogP contribution is 2.23. The highest BCUT2D eigenvalue weighted by Gasteiger charge is 2.17.